The van der Waals surface area contributed by atoms with Gasteiger partial charge in [0.05, 0.1) is 17.6 Å². The van der Waals surface area contributed by atoms with Gasteiger partial charge in [0.1, 0.15) is 0 Å². The summed E-state index contributed by atoms with van der Waals surface area (Å²) in [6, 6.07) is 7.84. The first-order valence-corrected chi connectivity index (χ1v) is 5.71. The number of rotatable bonds is 2. The molecule has 0 unspecified atom stereocenters. The third-order valence-electron chi connectivity index (χ3n) is 2.78. The Kier molecular flexibility index (Phi) is 2.61. The zero-order valence-electron chi connectivity index (χ0n) is 9.99. The van der Waals surface area contributed by atoms with Crippen LogP contribution in [0.3, 0.4) is 0 Å². The van der Waals surface area contributed by atoms with Crippen LogP contribution in [0.2, 0.25) is 0 Å². The first-order chi connectivity index (χ1) is 8.84. The summed E-state index contributed by atoms with van der Waals surface area (Å²) in [5, 5.41) is 4.51. The quantitative estimate of drug-likeness (QED) is 0.687. The molecule has 0 N–H and O–H groups in total. The van der Waals surface area contributed by atoms with Gasteiger partial charge in [-0.3, -0.25) is 9.97 Å². The van der Waals surface area contributed by atoms with E-state index in [1.807, 2.05) is 48.3 Å². The fourth-order valence-electron chi connectivity index (χ4n) is 1.89. The molecule has 0 radical (unpaired) electrons. The lowest BCUT2D eigenvalue weighted by Crippen LogP contribution is -1.94. The molecule has 0 aliphatic heterocycles. The number of aromatic nitrogens is 4. The SMILES string of the molecule is Cc1nn(-c2cccnc2)cc1-c1cccnc1. The highest BCUT2D eigenvalue weighted by Gasteiger charge is 2.08. The van der Waals surface area contributed by atoms with Gasteiger partial charge in [-0.1, -0.05) is 6.07 Å². The maximum atomic E-state index is 4.51. The van der Waals surface area contributed by atoms with Crippen molar-refractivity contribution in [2.45, 2.75) is 6.92 Å². The summed E-state index contributed by atoms with van der Waals surface area (Å²) in [5.74, 6) is 0. The van der Waals surface area contributed by atoms with Crippen LogP contribution < -0.4 is 0 Å². The predicted octanol–water partition coefficient (Wildman–Crippen LogP) is 2.64. The van der Waals surface area contributed by atoms with Gasteiger partial charge in [0, 0.05) is 35.9 Å². The van der Waals surface area contributed by atoms with Crippen LogP contribution in [0.25, 0.3) is 16.8 Å². The number of aryl methyl sites for hydroxylation is 1. The lowest BCUT2D eigenvalue weighted by atomic mass is 10.1. The molecule has 0 saturated heterocycles. The van der Waals surface area contributed by atoms with Gasteiger partial charge in [-0.05, 0) is 25.1 Å². The van der Waals surface area contributed by atoms with Gasteiger partial charge in [-0.2, -0.15) is 5.10 Å². The maximum Gasteiger partial charge on any atom is 0.0829 e. The molecule has 0 fully saturated rings. The molecule has 0 aliphatic carbocycles. The lowest BCUT2D eigenvalue weighted by molar-refractivity contribution is 0.857. The Balaban J connectivity index is 2.07. The van der Waals surface area contributed by atoms with Crippen LogP contribution in [0.4, 0.5) is 0 Å². The van der Waals surface area contributed by atoms with Crippen molar-refractivity contribution in [2.24, 2.45) is 0 Å². The molecule has 0 aromatic carbocycles. The standard InChI is InChI=1S/C14H12N4/c1-11-14(12-4-2-6-15-8-12)10-18(17-11)13-5-3-7-16-9-13/h2-10H,1H3. The van der Waals surface area contributed by atoms with Crippen LogP contribution in [0.15, 0.2) is 55.2 Å². The van der Waals surface area contributed by atoms with Crippen LogP contribution in [0.1, 0.15) is 5.69 Å². The van der Waals surface area contributed by atoms with Gasteiger partial charge >= 0.3 is 0 Å². The van der Waals surface area contributed by atoms with Crippen molar-refractivity contribution in [1.29, 1.82) is 0 Å². The second kappa shape index (κ2) is 4.41. The Morgan fingerprint density at radius 2 is 1.78 bits per heavy atom. The molecule has 0 bridgehead atoms. The molecule has 3 heterocycles. The van der Waals surface area contributed by atoms with E-state index in [1.165, 1.54) is 0 Å². The molecular formula is C14H12N4. The van der Waals surface area contributed by atoms with Crippen molar-refractivity contribution < 1.29 is 0 Å². The number of pyridine rings is 2. The van der Waals surface area contributed by atoms with Crippen molar-refractivity contribution in [1.82, 2.24) is 19.7 Å². The average Bonchev–Trinajstić information content (AvgIpc) is 2.83. The minimum Gasteiger partial charge on any atom is -0.264 e. The highest BCUT2D eigenvalue weighted by Crippen LogP contribution is 2.22. The van der Waals surface area contributed by atoms with E-state index in [9.17, 15) is 0 Å². The van der Waals surface area contributed by atoms with E-state index in [4.69, 9.17) is 0 Å². The van der Waals surface area contributed by atoms with Crippen molar-refractivity contribution in [3.63, 3.8) is 0 Å². The number of hydrogen-bond donors (Lipinski definition) is 0. The molecule has 0 amide bonds. The summed E-state index contributed by atoms with van der Waals surface area (Å²) in [6.45, 7) is 2.00. The summed E-state index contributed by atoms with van der Waals surface area (Å²) >= 11 is 0. The Morgan fingerprint density at radius 1 is 1.00 bits per heavy atom. The largest absolute Gasteiger partial charge is 0.264 e. The monoisotopic (exact) mass is 236 g/mol. The number of hydrogen-bond acceptors (Lipinski definition) is 3. The molecule has 4 nitrogen and oxygen atoms in total. The van der Waals surface area contributed by atoms with E-state index < -0.39 is 0 Å². The summed E-state index contributed by atoms with van der Waals surface area (Å²) in [6.07, 6.45) is 9.16. The fourth-order valence-corrected chi connectivity index (χ4v) is 1.89. The van der Waals surface area contributed by atoms with Gasteiger partial charge in [-0.15, -0.1) is 0 Å². The minimum absolute atomic E-state index is 0.954. The summed E-state index contributed by atoms with van der Waals surface area (Å²) in [4.78, 5) is 8.23. The van der Waals surface area contributed by atoms with Gasteiger partial charge in [0.2, 0.25) is 0 Å². The lowest BCUT2D eigenvalue weighted by Gasteiger charge is -1.98. The van der Waals surface area contributed by atoms with Crippen molar-refractivity contribution in [3.05, 3.63) is 60.9 Å². The normalized spacial score (nSPS) is 10.5. The van der Waals surface area contributed by atoms with E-state index in [0.29, 0.717) is 0 Å². The first kappa shape index (κ1) is 10.7. The third-order valence-corrected chi connectivity index (χ3v) is 2.78. The molecular weight excluding hydrogens is 224 g/mol. The third kappa shape index (κ3) is 1.88. The van der Waals surface area contributed by atoms with Crippen LogP contribution in [0, 0.1) is 6.92 Å². The van der Waals surface area contributed by atoms with Crippen LogP contribution in [0.5, 0.6) is 0 Å². The molecule has 0 atom stereocenters. The van der Waals surface area contributed by atoms with E-state index in [0.717, 1.165) is 22.5 Å². The fraction of sp³-hybridized carbons (Fsp3) is 0.0714. The topological polar surface area (TPSA) is 43.6 Å². The van der Waals surface area contributed by atoms with Crippen molar-refractivity contribution >= 4 is 0 Å². The van der Waals surface area contributed by atoms with Gasteiger partial charge in [0.25, 0.3) is 0 Å². The highest BCUT2D eigenvalue weighted by atomic mass is 15.3. The minimum atomic E-state index is 0.954. The predicted molar refractivity (Wildman–Crippen MR) is 69.3 cm³/mol. The summed E-state index contributed by atoms with van der Waals surface area (Å²) in [5.41, 5.74) is 4.10. The summed E-state index contributed by atoms with van der Waals surface area (Å²) in [7, 11) is 0. The maximum absolute atomic E-state index is 4.51. The van der Waals surface area contributed by atoms with Crippen LogP contribution >= 0.6 is 0 Å². The molecule has 88 valence electrons. The van der Waals surface area contributed by atoms with Crippen LogP contribution in [-0.2, 0) is 0 Å². The zero-order chi connectivity index (χ0) is 12.4. The molecule has 3 aromatic heterocycles. The van der Waals surface area contributed by atoms with Crippen molar-refractivity contribution in [2.75, 3.05) is 0 Å². The summed E-state index contributed by atoms with van der Waals surface area (Å²) < 4.78 is 1.84. The molecule has 3 aromatic rings. The molecule has 18 heavy (non-hydrogen) atoms. The zero-order valence-corrected chi connectivity index (χ0v) is 9.99. The molecule has 3 rings (SSSR count). The highest BCUT2D eigenvalue weighted by molar-refractivity contribution is 5.64. The molecule has 0 aliphatic rings. The van der Waals surface area contributed by atoms with Gasteiger partial charge < -0.3 is 0 Å². The van der Waals surface area contributed by atoms with Crippen LogP contribution in [-0.4, -0.2) is 19.7 Å². The van der Waals surface area contributed by atoms with Gasteiger partial charge in [-0.25, -0.2) is 4.68 Å². The Hall–Kier alpha value is -2.49. The second-order valence-electron chi connectivity index (χ2n) is 4.03. The van der Waals surface area contributed by atoms with Gasteiger partial charge in [0.15, 0.2) is 0 Å². The van der Waals surface area contributed by atoms with E-state index in [-0.39, 0.29) is 0 Å². The number of nitrogens with zero attached hydrogens (tertiary/aromatic N) is 4. The average molecular weight is 236 g/mol. The second-order valence-corrected chi connectivity index (χ2v) is 4.03. The molecule has 0 spiro atoms. The molecule has 0 saturated carbocycles. The Labute approximate surface area is 105 Å². The Bertz CT molecular complexity index is 644. The molecule has 4 heteroatoms. The first-order valence-electron chi connectivity index (χ1n) is 5.71. The Morgan fingerprint density at radius 3 is 2.44 bits per heavy atom. The van der Waals surface area contributed by atoms with E-state index in [1.54, 1.807) is 18.6 Å². The smallest absolute Gasteiger partial charge is 0.0829 e. The van der Waals surface area contributed by atoms with E-state index in [2.05, 4.69) is 15.1 Å². The van der Waals surface area contributed by atoms with Crippen molar-refractivity contribution in [3.8, 4) is 16.8 Å². The van der Waals surface area contributed by atoms with E-state index >= 15 is 0 Å².